The molecular weight excluding hydrogens is 296 g/mol. The second-order valence-corrected chi connectivity index (χ2v) is 5.14. The van der Waals surface area contributed by atoms with E-state index < -0.39 is 17.9 Å². The summed E-state index contributed by atoms with van der Waals surface area (Å²) in [6.45, 7) is 0.0614. The predicted octanol–water partition coefficient (Wildman–Crippen LogP) is 1.54. The van der Waals surface area contributed by atoms with Gasteiger partial charge in [0, 0.05) is 5.92 Å². The quantitative estimate of drug-likeness (QED) is 0.822. The minimum absolute atomic E-state index is 0.0614. The van der Waals surface area contributed by atoms with Crippen LogP contribution in [0.15, 0.2) is 48.5 Å². The molecule has 0 aliphatic heterocycles. The minimum atomic E-state index is -1.24. The Morgan fingerprint density at radius 1 is 0.957 bits per heavy atom. The van der Waals surface area contributed by atoms with Crippen molar-refractivity contribution >= 4 is 17.9 Å². The van der Waals surface area contributed by atoms with Gasteiger partial charge < -0.3 is 10.5 Å². The fourth-order valence-corrected chi connectivity index (χ4v) is 2.79. The first-order valence-electron chi connectivity index (χ1n) is 7.03. The average Bonchev–Trinajstić information content (AvgIpc) is 2.87. The zero-order valence-corrected chi connectivity index (χ0v) is 12.1. The summed E-state index contributed by atoms with van der Waals surface area (Å²) < 4.78 is 5.08. The number of imide groups is 1. The highest BCUT2D eigenvalue weighted by atomic mass is 16.5. The van der Waals surface area contributed by atoms with Crippen LogP contribution in [0, 0.1) is 0 Å². The maximum Gasteiger partial charge on any atom is 0.414 e. The highest BCUT2D eigenvalue weighted by Crippen LogP contribution is 2.44. The lowest BCUT2D eigenvalue weighted by atomic mass is 9.98. The lowest BCUT2D eigenvalue weighted by Gasteiger charge is -2.13. The van der Waals surface area contributed by atoms with Crippen molar-refractivity contribution < 1.29 is 19.1 Å². The number of hydrogen-bond acceptors (Lipinski definition) is 4. The monoisotopic (exact) mass is 310 g/mol. The molecule has 6 heteroatoms. The van der Waals surface area contributed by atoms with Crippen LogP contribution in [-0.4, -0.2) is 24.5 Å². The number of hydrogen-bond donors (Lipinski definition) is 2. The molecule has 0 unspecified atom stereocenters. The summed E-state index contributed by atoms with van der Waals surface area (Å²) >= 11 is 0. The van der Waals surface area contributed by atoms with Gasteiger partial charge in [0.1, 0.15) is 6.61 Å². The minimum Gasteiger partial charge on any atom is -0.448 e. The number of primary amides is 1. The standard InChI is InChI=1S/C17H14N2O4/c18-15(20)16(21)19-17(22)23-9-14-12-7-3-1-5-10(12)11-6-2-4-8-13(11)14/h1-8,14H,9H2,(H2,18,20)(H,19,21,22). The van der Waals surface area contributed by atoms with Crippen LogP contribution in [0.5, 0.6) is 0 Å². The summed E-state index contributed by atoms with van der Waals surface area (Å²) in [4.78, 5) is 33.3. The van der Waals surface area contributed by atoms with Crippen molar-refractivity contribution in [2.45, 2.75) is 5.92 Å². The van der Waals surface area contributed by atoms with Gasteiger partial charge in [-0.05, 0) is 22.3 Å². The lowest BCUT2D eigenvalue weighted by Crippen LogP contribution is -2.40. The molecule has 3 N–H and O–H groups in total. The third-order valence-corrected chi connectivity index (χ3v) is 3.78. The molecular formula is C17H14N2O4. The third kappa shape index (κ3) is 2.78. The molecule has 23 heavy (non-hydrogen) atoms. The Hall–Kier alpha value is -3.15. The van der Waals surface area contributed by atoms with Crippen molar-refractivity contribution in [1.82, 2.24) is 5.32 Å². The summed E-state index contributed by atoms with van der Waals surface area (Å²) in [5.74, 6) is -2.54. The second kappa shape index (κ2) is 5.92. The number of nitrogens with two attached hydrogens (primary N) is 1. The number of amides is 3. The van der Waals surface area contributed by atoms with E-state index in [2.05, 4.69) is 0 Å². The molecule has 0 bridgehead atoms. The molecule has 2 aromatic carbocycles. The summed E-state index contributed by atoms with van der Waals surface area (Å²) in [5, 5.41) is 1.78. The molecule has 0 atom stereocenters. The molecule has 2 aromatic rings. The van der Waals surface area contributed by atoms with Gasteiger partial charge in [0.15, 0.2) is 0 Å². The van der Waals surface area contributed by atoms with Gasteiger partial charge in [-0.3, -0.25) is 14.9 Å². The van der Waals surface area contributed by atoms with Gasteiger partial charge in [0.2, 0.25) is 0 Å². The van der Waals surface area contributed by atoms with Crippen LogP contribution in [0.25, 0.3) is 11.1 Å². The molecule has 0 saturated heterocycles. The van der Waals surface area contributed by atoms with E-state index in [0.717, 1.165) is 22.3 Å². The highest BCUT2D eigenvalue weighted by molar-refractivity contribution is 6.36. The molecule has 0 saturated carbocycles. The van der Waals surface area contributed by atoms with E-state index in [1.165, 1.54) is 0 Å². The van der Waals surface area contributed by atoms with E-state index in [1.807, 2.05) is 48.5 Å². The molecule has 3 rings (SSSR count). The van der Waals surface area contributed by atoms with Gasteiger partial charge in [0.25, 0.3) is 0 Å². The number of nitrogens with one attached hydrogen (secondary N) is 1. The molecule has 0 aromatic heterocycles. The Bertz CT molecular complexity index is 755. The Morgan fingerprint density at radius 3 is 2.00 bits per heavy atom. The fraction of sp³-hybridized carbons (Fsp3) is 0.118. The average molecular weight is 310 g/mol. The Morgan fingerprint density at radius 2 is 1.48 bits per heavy atom. The van der Waals surface area contributed by atoms with Gasteiger partial charge in [-0.25, -0.2) is 4.79 Å². The fourth-order valence-electron chi connectivity index (χ4n) is 2.79. The molecule has 116 valence electrons. The SMILES string of the molecule is NC(=O)C(=O)NC(=O)OCC1c2ccccc2-c2ccccc21. The number of carbonyl (C=O) groups excluding carboxylic acids is 3. The van der Waals surface area contributed by atoms with Crippen LogP contribution in [0.2, 0.25) is 0 Å². The normalized spacial score (nSPS) is 12.2. The Balaban J connectivity index is 1.77. The van der Waals surface area contributed by atoms with Crippen LogP contribution in [-0.2, 0) is 14.3 Å². The summed E-state index contributed by atoms with van der Waals surface area (Å²) in [5.41, 5.74) is 9.09. The maximum absolute atomic E-state index is 11.6. The lowest BCUT2D eigenvalue weighted by molar-refractivity contribution is -0.136. The van der Waals surface area contributed by atoms with Crippen LogP contribution in [0.3, 0.4) is 0 Å². The Kier molecular flexibility index (Phi) is 3.80. The third-order valence-electron chi connectivity index (χ3n) is 3.78. The zero-order valence-electron chi connectivity index (χ0n) is 12.1. The van der Waals surface area contributed by atoms with Crippen LogP contribution >= 0.6 is 0 Å². The van der Waals surface area contributed by atoms with Gasteiger partial charge >= 0.3 is 17.9 Å². The number of carbonyl (C=O) groups is 3. The number of fused-ring (bicyclic) bond motifs is 3. The predicted molar refractivity (Wildman–Crippen MR) is 82.4 cm³/mol. The van der Waals surface area contributed by atoms with Gasteiger partial charge in [-0.15, -0.1) is 0 Å². The first-order valence-corrected chi connectivity index (χ1v) is 7.03. The van der Waals surface area contributed by atoms with Crippen molar-refractivity contribution in [1.29, 1.82) is 0 Å². The summed E-state index contributed by atoms with van der Waals surface area (Å²) in [7, 11) is 0. The number of rotatable bonds is 2. The van der Waals surface area contributed by atoms with Crippen molar-refractivity contribution in [2.75, 3.05) is 6.61 Å². The van der Waals surface area contributed by atoms with Crippen molar-refractivity contribution in [3.63, 3.8) is 0 Å². The first kappa shape index (κ1) is 14.8. The van der Waals surface area contributed by atoms with Gasteiger partial charge in [-0.1, -0.05) is 48.5 Å². The smallest absolute Gasteiger partial charge is 0.414 e. The largest absolute Gasteiger partial charge is 0.448 e. The molecule has 1 aliphatic carbocycles. The van der Waals surface area contributed by atoms with Crippen molar-refractivity contribution in [3.8, 4) is 11.1 Å². The van der Waals surface area contributed by atoms with E-state index in [4.69, 9.17) is 10.5 Å². The van der Waals surface area contributed by atoms with E-state index in [-0.39, 0.29) is 12.5 Å². The van der Waals surface area contributed by atoms with Crippen molar-refractivity contribution in [3.05, 3.63) is 59.7 Å². The van der Waals surface area contributed by atoms with Crippen LogP contribution < -0.4 is 11.1 Å². The van der Waals surface area contributed by atoms with Gasteiger partial charge in [0.05, 0.1) is 0 Å². The van der Waals surface area contributed by atoms with Crippen LogP contribution in [0.1, 0.15) is 17.0 Å². The Labute approximate surface area is 132 Å². The molecule has 6 nitrogen and oxygen atoms in total. The number of benzene rings is 2. The molecule has 1 aliphatic rings. The summed E-state index contributed by atoms with van der Waals surface area (Å²) in [6, 6.07) is 15.8. The number of ether oxygens (including phenoxy) is 1. The van der Waals surface area contributed by atoms with Gasteiger partial charge in [-0.2, -0.15) is 0 Å². The first-order chi connectivity index (χ1) is 11.1. The maximum atomic E-state index is 11.6. The second-order valence-electron chi connectivity index (χ2n) is 5.14. The van der Waals surface area contributed by atoms with Crippen LogP contribution in [0.4, 0.5) is 4.79 Å². The van der Waals surface area contributed by atoms with E-state index in [0.29, 0.717) is 0 Å². The molecule has 3 amide bonds. The van der Waals surface area contributed by atoms with Crippen molar-refractivity contribution in [2.24, 2.45) is 5.73 Å². The molecule has 0 fully saturated rings. The topological polar surface area (TPSA) is 98.5 Å². The van der Waals surface area contributed by atoms with E-state index >= 15 is 0 Å². The molecule has 0 radical (unpaired) electrons. The molecule has 0 spiro atoms. The highest BCUT2D eigenvalue weighted by Gasteiger charge is 2.29. The number of alkyl carbamates (subject to hydrolysis) is 1. The molecule has 0 heterocycles. The zero-order chi connectivity index (χ0) is 16.4. The van der Waals surface area contributed by atoms with E-state index in [9.17, 15) is 14.4 Å². The summed E-state index contributed by atoms with van der Waals surface area (Å²) in [6.07, 6.45) is -0.990. The van der Waals surface area contributed by atoms with E-state index in [1.54, 1.807) is 5.32 Å².